The van der Waals surface area contributed by atoms with Gasteiger partial charge >= 0.3 is 0 Å². The number of nitrogens with zero attached hydrogens (tertiary/aromatic N) is 3. The minimum Gasteiger partial charge on any atom is -0.297 e. The standard InChI is InChI=1S/C24H27N3O2/c1-19-7-5-11-21(17-19)27-23(28)18-22(24(27)29)26-15-13-25(14-16-26)12-6-10-20-8-3-2-4-9-20/h2-11,17,22H,12-16,18H2,1H3/b10-6+/t22-/m0/s1. The zero-order chi connectivity index (χ0) is 20.2. The van der Waals surface area contributed by atoms with Crippen LogP contribution in [-0.4, -0.2) is 60.4 Å². The normalized spacial score (nSPS) is 21.4. The molecule has 29 heavy (non-hydrogen) atoms. The van der Waals surface area contributed by atoms with Gasteiger partial charge in [0.05, 0.1) is 18.2 Å². The fourth-order valence-corrected chi connectivity index (χ4v) is 4.10. The summed E-state index contributed by atoms with van der Waals surface area (Å²) >= 11 is 0. The van der Waals surface area contributed by atoms with Gasteiger partial charge in [0, 0.05) is 32.7 Å². The van der Waals surface area contributed by atoms with E-state index in [1.807, 2.05) is 49.4 Å². The van der Waals surface area contributed by atoms with Gasteiger partial charge in [0.25, 0.3) is 5.91 Å². The summed E-state index contributed by atoms with van der Waals surface area (Å²) in [7, 11) is 0. The van der Waals surface area contributed by atoms with Crippen molar-refractivity contribution in [3.63, 3.8) is 0 Å². The van der Waals surface area contributed by atoms with E-state index in [-0.39, 0.29) is 24.3 Å². The molecule has 2 aromatic rings. The van der Waals surface area contributed by atoms with E-state index in [0.717, 1.165) is 38.3 Å². The number of anilines is 1. The monoisotopic (exact) mass is 389 g/mol. The number of benzene rings is 2. The number of carbonyl (C=O) groups excluding carboxylic acids is 2. The molecule has 2 amide bonds. The predicted octanol–water partition coefficient (Wildman–Crippen LogP) is 2.96. The first-order valence-corrected chi connectivity index (χ1v) is 10.2. The van der Waals surface area contributed by atoms with Gasteiger partial charge in [-0.25, -0.2) is 4.90 Å². The molecule has 5 heteroatoms. The third-order valence-electron chi connectivity index (χ3n) is 5.70. The zero-order valence-corrected chi connectivity index (χ0v) is 16.8. The van der Waals surface area contributed by atoms with E-state index in [1.165, 1.54) is 10.5 Å². The van der Waals surface area contributed by atoms with E-state index >= 15 is 0 Å². The number of aryl methyl sites for hydroxylation is 1. The van der Waals surface area contributed by atoms with Gasteiger partial charge in [-0.1, -0.05) is 54.6 Å². The van der Waals surface area contributed by atoms with Crippen LogP contribution in [0.1, 0.15) is 17.5 Å². The number of hydrogen-bond acceptors (Lipinski definition) is 4. The quantitative estimate of drug-likeness (QED) is 0.738. The lowest BCUT2D eigenvalue weighted by Crippen LogP contribution is -2.52. The van der Waals surface area contributed by atoms with Crippen LogP contribution in [0, 0.1) is 6.92 Å². The lowest BCUT2D eigenvalue weighted by Gasteiger charge is -2.36. The Kier molecular flexibility index (Phi) is 5.88. The maximum absolute atomic E-state index is 13.0. The van der Waals surface area contributed by atoms with E-state index in [9.17, 15) is 9.59 Å². The van der Waals surface area contributed by atoms with Crippen molar-refractivity contribution < 1.29 is 9.59 Å². The number of imide groups is 1. The Labute approximate surface area is 172 Å². The molecule has 4 rings (SSSR count). The Hall–Kier alpha value is -2.76. The van der Waals surface area contributed by atoms with Crippen LogP contribution in [0.3, 0.4) is 0 Å². The van der Waals surface area contributed by atoms with Crippen LogP contribution >= 0.6 is 0 Å². The Morgan fingerprint density at radius 2 is 1.72 bits per heavy atom. The molecule has 1 atom stereocenters. The lowest BCUT2D eigenvalue weighted by molar-refractivity contribution is -0.123. The van der Waals surface area contributed by atoms with Crippen LogP contribution in [0.2, 0.25) is 0 Å². The van der Waals surface area contributed by atoms with Crippen LogP contribution in [0.5, 0.6) is 0 Å². The molecule has 0 aromatic heterocycles. The van der Waals surface area contributed by atoms with Crippen LogP contribution in [0.25, 0.3) is 6.08 Å². The minimum absolute atomic E-state index is 0.0852. The van der Waals surface area contributed by atoms with Gasteiger partial charge in [-0.15, -0.1) is 0 Å². The molecule has 0 spiro atoms. The van der Waals surface area contributed by atoms with Crippen molar-refractivity contribution in [1.29, 1.82) is 0 Å². The SMILES string of the molecule is Cc1cccc(N2C(=O)C[C@H](N3CCN(C/C=C/c4ccccc4)CC3)C2=O)c1. The van der Waals surface area contributed by atoms with Crippen molar-refractivity contribution >= 4 is 23.6 Å². The number of carbonyl (C=O) groups is 2. The highest BCUT2D eigenvalue weighted by atomic mass is 16.2. The highest BCUT2D eigenvalue weighted by Crippen LogP contribution is 2.26. The molecule has 150 valence electrons. The van der Waals surface area contributed by atoms with Crippen molar-refractivity contribution in [2.75, 3.05) is 37.6 Å². The molecule has 2 aliphatic rings. The average molecular weight is 389 g/mol. The second-order valence-corrected chi connectivity index (χ2v) is 7.78. The van der Waals surface area contributed by atoms with E-state index in [4.69, 9.17) is 0 Å². The van der Waals surface area contributed by atoms with E-state index in [0.29, 0.717) is 5.69 Å². The number of hydrogen-bond donors (Lipinski definition) is 0. The second-order valence-electron chi connectivity index (χ2n) is 7.78. The Balaban J connectivity index is 1.32. The molecule has 0 saturated carbocycles. The smallest absolute Gasteiger partial charge is 0.251 e. The van der Waals surface area contributed by atoms with Crippen molar-refractivity contribution in [3.8, 4) is 0 Å². The van der Waals surface area contributed by atoms with Crippen LogP contribution < -0.4 is 4.90 Å². The van der Waals surface area contributed by atoms with Crippen molar-refractivity contribution in [2.24, 2.45) is 0 Å². The first kappa shape index (κ1) is 19.6. The topological polar surface area (TPSA) is 43.9 Å². The number of piperazine rings is 1. The fourth-order valence-electron chi connectivity index (χ4n) is 4.10. The summed E-state index contributed by atoms with van der Waals surface area (Å²) in [6, 6.07) is 17.6. The summed E-state index contributed by atoms with van der Waals surface area (Å²) in [6.45, 7) is 6.30. The van der Waals surface area contributed by atoms with Gasteiger partial charge in [-0.3, -0.25) is 19.4 Å². The molecule has 0 bridgehead atoms. The molecule has 2 heterocycles. The molecule has 5 nitrogen and oxygen atoms in total. The van der Waals surface area contributed by atoms with Crippen molar-refractivity contribution in [3.05, 3.63) is 71.8 Å². The minimum atomic E-state index is -0.329. The third kappa shape index (κ3) is 4.47. The summed E-state index contributed by atoms with van der Waals surface area (Å²) in [5.74, 6) is -0.183. The maximum atomic E-state index is 13.0. The molecule has 0 aliphatic carbocycles. The molecule has 2 saturated heterocycles. The molecular weight excluding hydrogens is 362 g/mol. The van der Waals surface area contributed by atoms with E-state index in [2.05, 4.69) is 34.1 Å². The first-order chi connectivity index (χ1) is 14.1. The highest BCUT2D eigenvalue weighted by Gasteiger charge is 2.43. The molecule has 0 unspecified atom stereocenters. The Morgan fingerprint density at radius 1 is 0.966 bits per heavy atom. The number of amides is 2. The third-order valence-corrected chi connectivity index (χ3v) is 5.70. The average Bonchev–Trinajstić information content (AvgIpc) is 3.03. The lowest BCUT2D eigenvalue weighted by atomic mass is 10.1. The van der Waals surface area contributed by atoms with Gasteiger partial charge in [-0.2, -0.15) is 0 Å². The van der Waals surface area contributed by atoms with E-state index in [1.54, 1.807) is 0 Å². The molecule has 0 N–H and O–H groups in total. The van der Waals surface area contributed by atoms with Crippen LogP contribution in [0.4, 0.5) is 5.69 Å². The van der Waals surface area contributed by atoms with Crippen LogP contribution in [0.15, 0.2) is 60.7 Å². The van der Waals surface area contributed by atoms with Crippen molar-refractivity contribution in [2.45, 2.75) is 19.4 Å². The molecule has 2 fully saturated rings. The molecule has 0 radical (unpaired) electrons. The second kappa shape index (κ2) is 8.72. The largest absolute Gasteiger partial charge is 0.297 e. The molecular formula is C24H27N3O2. The Bertz CT molecular complexity index is 901. The summed E-state index contributed by atoms with van der Waals surface area (Å²) < 4.78 is 0. The van der Waals surface area contributed by atoms with Crippen LogP contribution in [-0.2, 0) is 9.59 Å². The van der Waals surface area contributed by atoms with Gasteiger partial charge in [0.2, 0.25) is 5.91 Å². The fraction of sp³-hybridized carbons (Fsp3) is 0.333. The van der Waals surface area contributed by atoms with E-state index < -0.39 is 0 Å². The molecule has 2 aromatic carbocycles. The summed E-state index contributed by atoms with van der Waals surface area (Å²) in [4.78, 5) is 31.5. The molecule has 2 aliphatic heterocycles. The summed E-state index contributed by atoms with van der Waals surface area (Å²) in [6.07, 6.45) is 4.61. The van der Waals surface area contributed by atoms with Gasteiger partial charge < -0.3 is 0 Å². The summed E-state index contributed by atoms with van der Waals surface area (Å²) in [5, 5.41) is 0. The maximum Gasteiger partial charge on any atom is 0.251 e. The highest BCUT2D eigenvalue weighted by molar-refractivity contribution is 6.22. The predicted molar refractivity (Wildman–Crippen MR) is 116 cm³/mol. The first-order valence-electron chi connectivity index (χ1n) is 10.2. The Morgan fingerprint density at radius 3 is 2.45 bits per heavy atom. The van der Waals surface area contributed by atoms with Crippen molar-refractivity contribution in [1.82, 2.24) is 9.80 Å². The van der Waals surface area contributed by atoms with Gasteiger partial charge in [-0.05, 0) is 30.2 Å². The van der Waals surface area contributed by atoms with Gasteiger partial charge in [0.15, 0.2) is 0 Å². The number of rotatable bonds is 5. The summed E-state index contributed by atoms with van der Waals surface area (Å²) in [5.41, 5.74) is 2.94. The van der Waals surface area contributed by atoms with Gasteiger partial charge in [0.1, 0.15) is 0 Å². The zero-order valence-electron chi connectivity index (χ0n) is 16.8.